The van der Waals surface area contributed by atoms with Crippen LogP contribution in [0.15, 0.2) is 0 Å². The molecule has 1 aliphatic rings. The number of hydrogen-bond acceptors (Lipinski definition) is 4. The second-order valence-electron chi connectivity index (χ2n) is 5.39. The SMILES string of the molecule is CC(C)C(C)NC(=O)COC1(CN)CCOCC1. The van der Waals surface area contributed by atoms with Gasteiger partial charge in [-0.1, -0.05) is 13.8 Å². The maximum atomic E-state index is 11.8. The van der Waals surface area contributed by atoms with Gasteiger partial charge in [0.25, 0.3) is 0 Å². The largest absolute Gasteiger partial charge is 0.381 e. The molecule has 1 heterocycles. The molecule has 0 aromatic carbocycles. The standard InChI is InChI=1S/C13H26N2O3/c1-10(2)11(3)15-12(16)8-18-13(9-14)4-6-17-7-5-13/h10-11H,4-9,14H2,1-3H3,(H,15,16). The number of amides is 1. The third-order valence-electron chi connectivity index (χ3n) is 3.67. The molecule has 5 heteroatoms. The lowest BCUT2D eigenvalue weighted by atomic mass is 9.94. The summed E-state index contributed by atoms with van der Waals surface area (Å²) in [5.41, 5.74) is 5.38. The molecule has 0 aliphatic carbocycles. The van der Waals surface area contributed by atoms with Crippen molar-refractivity contribution in [3.8, 4) is 0 Å². The van der Waals surface area contributed by atoms with Crippen LogP contribution in [0.25, 0.3) is 0 Å². The lowest BCUT2D eigenvalue weighted by molar-refractivity contribution is -0.142. The van der Waals surface area contributed by atoms with Crippen LogP contribution in [0, 0.1) is 5.92 Å². The van der Waals surface area contributed by atoms with Crippen LogP contribution in [0.5, 0.6) is 0 Å². The van der Waals surface area contributed by atoms with Crippen molar-refractivity contribution in [1.82, 2.24) is 5.32 Å². The minimum Gasteiger partial charge on any atom is -0.381 e. The van der Waals surface area contributed by atoms with Gasteiger partial charge in [-0.2, -0.15) is 0 Å². The molecule has 1 fully saturated rings. The summed E-state index contributed by atoms with van der Waals surface area (Å²) in [6.07, 6.45) is 1.52. The van der Waals surface area contributed by atoms with Gasteiger partial charge in [0.2, 0.25) is 5.91 Å². The predicted molar refractivity (Wildman–Crippen MR) is 70.2 cm³/mol. The van der Waals surface area contributed by atoms with Crippen molar-refractivity contribution < 1.29 is 14.3 Å². The number of carbonyl (C=O) groups excluding carboxylic acids is 1. The summed E-state index contributed by atoms with van der Waals surface area (Å²) >= 11 is 0. The van der Waals surface area contributed by atoms with E-state index >= 15 is 0 Å². The predicted octanol–water partition coefficient (Wildman–Crippen LogP) is 0.672. The van der Waals surface area contributed by atoms with Crippen molar-refractivity contribution in [2.75, 3.05) is 26.4 Å². The summed E-state index contributed by atoms with van der Waals surface area (Å²) < 4.78 is 11.0. The lowest BCUT2D eigenvalue weighted by Gasteiger charge is -2.35. The summed E-state index contributed by atoms with van der Waals surface area (Å²) in [7, 11) is 0. The fraction of sp³-hybridized carbons (Fsp3) is 0.923. The highest BCUT2D eigenvalue weighted by atomic mass is 16.5. The molecule has 1 amide bonds. The minimum atomic E-state index is -0.378. The smallest absolute Gasteiger partial charge is 0.246 e. The van der Waals surface area contributed by atoms with Gasteiger partial charge in [0.05, 0.1) is 5.60 Å². The first kappa shape index (κ1) is 15.4. The van der Waals surface area contributed by atoms with E-state index in [2.05, 4.69) is 19.2 Å². The van der Waals surface area contributed by atoms with Crippen LogP contribution >= 0.6 is 0 Å². The summed E-state index contributed by atoms with van der Waals surface area (Å²) in [5, 5.41) is 2.92. The second kappa shape index (κ2) is 7.07. The van der Waals surface area contributed by atoms with Gasteiger partial charge in [0.1, 0.15) is 6.61 Å². The Balaban J connectivity index is 2.36. The Kier molecular flexibility index (Phi) is 6.05. The van der Waals surface area contributed by atoms with E-state index in [1.807, 2.05) is 6.92 Å². The highest BCUT2D eigenvalue weighted by molar-refractivity contribution is 5.77. The normalized spacial score (nSPS) is 20.7. The Labute approximate surface area is 109 Å². The zero-order valence-corrected chi connectivity index (χ0v) is 11.7. The van der Waals surface area contributed by atoms with E-state index in [9.17, 15) is 4.79 Å². The maximum absolute atomic E-state index is 11.8. The fourth-order valence-electron chi connectivity index (χ4n) is 1.83. The van der Waals surface area contributed by atoms with E-state index in [1.54, 1.807) is 0 Å². The topological polar surface area (TPSA) is 73.6 Å². The molecule has 0 saturated carbocycles. The third-order valence-corrected chi connectivity index (χ3v) is 3.67. The number of ether oxygens (including phenoxy) is 2. The summed E-state index contributed by atoms with van der Waals surface area (Å²) in [6.45, 7) is 7.97. The van der Waals surface area contributed by atoms with Gasteiger partial charge in [-0.15, -0.1) is 0 Å². The highest BCUT2D eigenvalue weighted by Gasteiger charge is 2.32. The van der Waals surface area contributed by atoms with Gasteiger partial charge in [-0.3, -0.25) is 4.79 Å². The fourth-order valence-corrected chi connectivity index (χ4v) is 1.83. The van der Waals surface area contributed by atoms with Crippen LogP contribution in [-0.4, -0.2) is 43.9 Å². The first-order chi connectivity index (χ1) is 8.49. The Bertz CT molecular complexity index is 263. The Morgan fingerprint density at radius 2 is 2.00 bits per heavy atom. The molecule has 1 atom stereocenters. The van der Waals surface area contributed by atoms with Gasteiger partial charge in [0.15, 0.2) is 0 Å². The summed E-state index contributed by atoms with van der Waals surface area (Å²) in [6, 6.07) is 0.157. The molecule has 1 saturated heterocycles. The molecule has 3 N–H and O–H groups in total. The zero-order valence-electron chi connectivity index (χ0n) is 11.7. The molecule has 5 nitrogen and oxygen atoms in total. The van der Waals surface area contributed by atoms with Crippen LogP contribution in [0.3, 0.4) is 0 Å². The van der Waals surface area contributed by atoms with Gasteiger partial charge in [0, 0.05) is 38.6 Å². The van der Waals surface area contributed by atoms with E-state index in [1.165, 1.54) is 0 Å². The number of nitrogens with two attached hydrogens (primary N) is 1. The molecule has 0 spiro atoms. The zero-order chi connectivity index (χ0) is 13.6. The van der Waals surface area contributed by atoms with Crippen LogP contribution in [-0.2, 0) is 14.3 Å². The van der Waals surface area contributed by atoms with Gasteiger partial charge >= 0.3 is 0 Å². The quantitative estimate of drug-likeness (QED) is 0.734. The second-order valence-corrected chi connectivity index (χ2v) is 5.39. The van der Waals surface area contributed by atoms with Gasteiger partial charge < -0.3 is 20.5 Å². The van der Waals surface area contributed by atoms with Crippen LogP contribution in [0.1, 0.15) is 33.6 Å². The molecule has 1 unspecified atom stereocenters. The molecule has 1 rings (SSSR count). The first-order valence-electron chi connectivity index (χ1n) is 6.70. The number of carbonyl (C=O) groups is 1. The van der Waals surface area contributed by atoms with Crippen LogP contribution < -0.4 is 11.1 Å². The molecule has 106 valence electrons. The monoisotopic (exact) mass is 258 g/mol. The third kappa shape index (κ3) is 4.55. The molecule has 18 heavy (non-hydrogen) atoms. The Morgan fingerprint density at radius 3 is 2.50 bits per heavy atom. The number of rotatable bonds is 6. The maximum Gasteiger partial charge on any atom is 0.246 e. The molecule has 0 aromatic heterocycles. The van der Waals surface area contributed by atoms with Gasteiger partial charge in [-0.05, 0) is 12.8 Å². The van der Waals surface area contributed by atoms with Crippen LogP contribution in [0.2, 0.25) is 0 Å². The van der Waals surface area contributed by atoms with E-state index in [0.29, 0.717) is 25.7 Å². The summed E-state index contributed by atoms with van der Waals surface area (Å²) in [4.78, 5) is 11.8. The van der Waals surface area contributed by atoms with Crippen molar-refractivity contribution in [2.45, 2.75) is 45.3 Å². The molecule has 1 aliphatic heterocycles. The molecule has 0 bridgehead atoms. The average Bonchev–Trinajstić information content (AvgIpc) is 2.37. The average molecular weight is 258 g/mol. The van der Waals surface area contributed by atoms with E-state index < -0.39 is 0 Å². The van der Waals surface area contributed by atoms with Crippen molar-refractivity contribution in [3.63, 3.8) is 0 Å². The van der Waals surface area contributed by atoms with E-state index in [4.69, 9.17) is 15.2 Å². The number of hydrogen-bond donors (Lipinski definition) is 2. The molecular formula is C13H26N2O3. The van der Waals surface area contributed by atoms with Crippen molar-refractivity contribution in [3.05, 3.63) is 0 Å². The van der Waals surface area contributed by atoms with Crippen molar-refractivity contribution >= 4 is 5.91 Å². The molecular weight excluding hydrogens is 232 g/mol. The van der Waals surface area contributed by atoms with E-state index in [-0.39, 0.29) is 24.2 Å². The van der Waals surface area contributed by atoms with Crippen molar-refractivity contribution in [1.29, 1.82) is 0 Å². The molecule has 0 radical (unpaired) electrons. The highest BCUT2D eigenvalue weighted by Crippen LogP contribution is 2.23. The lowest BCUT2D eigenvalue weighted by Crippen LogP contribution is -2.48. The number of nitrogens with one attached hydrogen (secondary N) is 1. The molecule has 0 aromatic rings. The Morgan fingerprint density at radius 1 is 1.39 bits per heavy atom. The van der Waals surface area contributed by atoms with Crippen molar-refractivity contribution in [2.24, 2.45) is 11.7 Å². The minimum absolute atomic E-state index is 0.0736. The van der Waals surface area contributed by atoms with E-state index in [0.717, 1.165) is 12.8 Å². The summed E-state index contributed by atoms with van der Waals surface area (Å²) in [5.74, 6) is 0.344. The first-order valence-corrected chi connectivity index (χ1v) is 6.70. The Hall–Kier alpha value is -0.650. The van der Waals surface area contributed by atoms with Gasteiger partial charge in [-0.25, -0.2) is 0 Å². The van der Waals surface area contributed by atoms with Crippen LogP contribution in [0.4, 0.5) is 0 Å².